The molecule has 0 radical (unpaired) electrons. The number of aromatic nitrogens is 2. The number of halogens is 3. The van der Waals surface area contributed by atoms with Crippen LogP contribution < -0.4 is 9.47 Å². The minimum absolute atomic E-state index is 0.201. The van der Waals surface area contributed by atoms with Gasteiger partial charge < -0.3 is 14.8 Å². The van der Waals surface area contributed by atoms with Gasteiger partial charge in [-0.2, -0.15) is 17.7 Å². The molecule has 2 aliphatic heterocycles. The second-order valence-electron chi connectivity index (χ2n) is 12.0. The third-order valence-corrected chi connectivity index (χ3v) is 10.2. The summed E-state index contributed by atoms with van der Waals surface area (Å²) in [5.74, 6) is -1.16. The number of anilines is 1. The van der Waals surface area contributed by atoms with Gasteiger partial charge in [-0.05, 0) is 92.3 Å². The summed E-state index contributed by atoms with van der Waals surface area (Å²) in [6, 6.07) is 29.7. The molecule has 0 unspecified atom stereocenters. The molecule has 45 heavy (non-hydrogen) atoms. The Kier molecular flexibility index (Phi) is 8.19. The summed E-state index contributed by atoms with van der Waals surface area (Å²) in [7, 11) is 2.11. The van der Waals surface area contributed by atoms with E-state index in [0.717, 1.165) is 52.5 Å². The predicted octanol–water partition coefficient (Wildman–Crippen LogP) is 8.89. The quantitative estimate of drug-likeness (QED) is 0.183. The number of pyridine rings is 1. The first-order chi connectivity index (χ1) is 21.8. The van der Waals surface area contributed by atoms with Crippen molar-refractivity contribution in [3.63, 3.8) is 0 Å². The minimum Gasteiger partial charge on any atom is -0.355 e. The molecule has 230 valence electrons. The van der Waals surface area contributed by atoms with Crippen molar-refractivity contribution in [2.45, 2.75) is 30.3 Å². The highest BCUT2D eigenvalue weighted by Crippen LogP contribution is 2.47. The summed E-state index contributed by atoms with van der Waals surface area (Å²) in [6.07, 6.45) is 3.79. The van der Waals surface area contributed by atoms with Crippen LogP contribution in [0.1, 0.15) is 36.2 Å². The van der Waals surface area contributed by atoms with E-state index in [1.54, 1.807) is 11.8 Å². The summed E-state index contributed by atoms with van der Waals surface area (Å²) in [6.45, 7) is 2.63. The Bertz CT molecular complexity index is 1870. The Hall–Kier alpha value is -4.01. The Balaban J connectivity index is 1.16. The van der Waals surface area contributed by atoms with E-state index >= 15 is 0 Å². The number of benzene rings is 3. The molecule has 0 amide bonds. The molecule has 0 saturated carbocycles. The minimum atomic E-state index is -4.08. The number of nitrogens with zero attached hydrogens (tertiary/aromatic N) is 3. The number of hydrogen-bond acceptors (Lipinski definition) is 3. The Morgan fingerprint density at radius 1 is 0.911 bits per heavy atom. The van der Waals surface area contributed by atoms with E-state index in [0.29, 0.717) is 13.1 Å². The first-order valence-corrected chi connectivity index (χ1v) is 16.4. The number of piperidine rings is 1. The standard InChI is InChI=1S/C37H35F3N4S/c1-42-30(16-15-29-23-26-9-2-4-11-32(26)41-29)24-27(31-10-3-5-12-33(31)42)25-36-44(34-13-6-7-14-35(34)45-36)20-8-19-43-21-17-28(18-22-43)37(38,39)40/h2-7,9-16,23-25,28H,8,17-22H2,1H3/p+1/b36-25-. The van der Waals surface area contributed by atoms with Crippen LogP contribution in [0.25, 0.3) is 40.0 Å². The van der Waals surface area contributed by atoms with Crippen LogP contribution in [0.3, 0.4) is 0 Å². The van der Waals surface area contributed by atoms with Crippen LogP contribution in [0.4, 0.5) is 18.9 Å². The first kappa shape index (κ1) is 29.7. The van der Waals surface area contributed by atoms with Crippen molar-refractivity contribution in [1.82, 2.24) is 9.88 Å². The van der Waals surface area contributed by atoms with Gasteiger partial charge in [0.15, 0.2) is 0 Å². The van der Waals surface area contributed by atoms with Crippen molar-refractivity contribution in [2.24, 2.45) is 13.0 Å². The third kappa shape index (κ3) is 6.26. The van der Waals surface area contributed by atoms with Gasteiger partial charge in [-0.15, -0.1) is 0 Å². The summed E-state index contributed by atoms with van der Waals surface area (Å²) in [4.78, 5) is 9.28. The van der Waals surface area contributed by atoms with Gasteiger partial charge in [0, 0.05) is 40.9 Å². The predicted molar refractivity (Wildman–Crippen MR) is 180 cm³/mol. The van der Waals surface area contributed by atoms with Gasteiger partial charge in [-0.1, -0.05) is 54.2 Å². The molecule has 2 aromatic heterocycles. The summed E-state index contributed by atoms with van der Waals surface area (Å²) < 4.78 is 41.7. The number of para-hydroxylation sites is 3. The smallest absolute Gasteiger partial charge is 0.355 e. The van der Waals surface area contributed by atoms with Gasteiger partial charge in [0.2, 0.25) is 11.2 Å². The maximum Gasteiger partial charge on any atom is 0.391 e. The van der Waals surface area contributed by atoms with E-state index in [-0.39, 0.29) is 12.8 Å². The number of H-pyrrole nitrogens is 1. The number of alkyl halides is 3. The largest absolute Gasteiger partial charge is 0.391 e. The number of thioether (sulfide) groups is 1. The van der Waals surface area contributed by atoms with E-state index in [1.807, 2.05) is 6.07 Å². The van der Waals surface area contributed by atoms with Crippen LogP contribution in [0.15, 0.2) is 94.9 Å². The van der Waals surface area contributed by atoms with E-state index in [9.17, 15) is 13.2 Å². The van der Waals surface area contributed by atoms with Gasteiger partial charge in [0.1, 0.15) is 7.05 Å². The Morgan fingerprint density at radius 2 is 1.67 bits per heavy atom. The molecule has 7 rings (SSSR count). The normalized spacial score (nSPS) is 17.3. The van der Waals surface area contributed by atoms with E-state index in [1.165, 1.54) is 21.4 Å². The number of likely N-dealkylation sites (tertiary alicyclic amines) is 1. The van der Waals surface area contributed by atoms with Gasteiger partial charge in [0.25, 0.3) is 0 Å². The molecule has 3 aromatic carbocycles. The average Bonchev–Trinajstić information content (AvgIpc) is 3.62. The van der Waals surface area contributed by atoms with Crippen LogP contribution in [0.5, 0.6) is 0 Å². The topological polar surface area (TPSA) is 26.1 Å². The average molecular weight is 626 g/mol. The van der Waals surface area contributed by atoms with Gasteiger partial charge in [-0.3, -0.25) is 0 Å². The molecular formula is C37H36F3N4S+. The third-order valence-electron chi connectivity index (χ3n) is 9.07. The monoisotopic (exact) mass is 625 g/mol. The molecule has 2 aliphatic rings. The second kappa shape index (κ2) is 12.4. The molecule has 4 nitrogen and oxygen atoms in total. The zero-order valence-electron chi connectivity index (χ0n) is 25.2. The van der Waals surface area contributed by atoms with Crippen molar-refractivity contribution in [3.8, 4) is 0 Å². The highest BCUT2D eigenvalue weighted by atomic mass is 32.2. The molecule has 1 N–H and O–H groups in total. The molecule has 0 bridgehead atoms. The summed E-state index contributed by atoms with van der Waals surface area (Å²) >= 11 is 1.78. The lowest BCUT2D eigenvalue weighted by Gasteiger charge is -2.33. The fourth-order valence-corrected chi connectivity index (χ4v) is 7.72. The fourth-order valence-electron chi connectivity index (χ4n) is 6.58. The fraction of sp³-hybridized carbons (Fsp3) is 0.270. The first-order valence-electron chi connectivity index (χ1n) is 15.6. The van der Waals surface area contributed by atoms with Crippen LogP contribution in [-0.4, -0.2) is 42.2 Å². The molecule has 0 atom stereocenters. The van der Waals surface area contributed by atoms with Crippen molar-refractivity contribution >= 4 is 57.5 Å². The number of fused-ring (bicyclic) bond motifs is 3. The Morgan fingerprint density at radius 3 is 2.49 bits per heavy atom. The van der Waals surface area contributed by atoms with E-state index < -0.39 is 12.1 Å². The van der Waals surface area contributed by atoms with Gasteiger partial charge in [-0.25, -0.2) is 0 Å². The Labute approximate surface area is 265 Å². The molecule has 4 heterocycles. The highest BCUT2D eigenvalue weighted by Gasteiger charge is 2.41. The van der Waals surface area contributed by atoms with Crippen LogP contribution >= 0.6 is 11.8 Å². The lowest BCUT2D eigenvalue weighted by atomic mass is 9.96. The molecule has 1 fully saturated rings. The van der Waals surface area contributed by atoms with Crippen LogP contribution in [0, 0.1) is 5.92 Å². The van der Waals surface area contributed by atoms with Gasteiger partial charge >= 0.3 is 6.18 Å². The lowest BCUT2D eigenvalue weighted by molar-refractivity contribution is -0.646. The summed E-state index contributed by atoms with van der Waals surface area (Å²) in [5.41, 5.74) is 6.75. The number of nitrogens with one attached hydrogen (secondary N) is 1. The SMILES string of the molecule is C[n+]1c(/C=C/c2cc3ccccc3[nH]2)cc(/C=C2\Sc3ccccc3N2CCCN2CCC(C(F)(F)F)CC2)c2ccccc21. The molecule has 1 saturated heterocycles. The lowest BCUT2D eigenvalue weighted by Crippen LogP contribution is -2.40. The molecule has 0 spiro atoms. The van der Waals surface area contributed by atoms with Crippen LogP contribution in [0.2, 0.25) is 0 Å². The number of aryl methyl sites for hydroxylation is 1. The van der Waals surface area contributed by atoms with Gasteiger partial charge in [0.05, 0.1) is 22.0 Å². The van der Waals surface area contributed by atoms with Crippen molar-refractivity contribution < 1.29 is 17.7 Å². The highest BCUT2D eigenvalue weighted by molar-refractivity contribution is 8.03. The molecular weight excluding hydrogens is 589 g/mol. The van der Waals surface area contributed by atoms with E-state index in [2.05, 4.69) is 123 Å². The van der Waals surface area contributed by atoms with Crippen LogP contribution in [-0.2, 0) is 7.05 Å². The van der Waals surface area contributed by atoms with Crippen molar-refractivity contribution in [3.05, 3.63) is 107 Å². The number of rotatable bonds is 7. The maximum atomic E-state index is 13.2. The molecule has 8 heteroatoms. The van der Waals surface area contributed by atoms with E-state index in [4.69, 9.17) is 0 Å². The number of hydrogen-bond donors (Lipinski definition) is 1. The van der Waals surface area contributed by atoms with Crippen molar-refractivity contribution in [1.29, 1.82) is 0 Å². The number of aromatic amines is 1. The maximum absolute atomic E-state index is 13.2. The molecule has 0 aliphatic carbocycles. The second-order valence-corrected chi connectivity index (χ2v) is 13.0. The zero-order chi connectivity index (χ0) is 31.0. The summed E-state index contributed by atoms with van der Waals surface area (Å²) in [5, 5.41) is 3.53. The zero-order valence-corrected chi connectivity index (χ0v) is 26.0. The van der Waals surface area contributed by atoms with Crippen molar-refractivity contribution in [2.75, 3.05) is 31.1 Å². The molecule has 5 aromatic rings.